The normalized spacial score (nSPS) is 16.6. The molecule has 0 spiro atoms. The fourth-order valence-electron chi connectivity index (χ4n) is 2.44. The van der Waals surface area contributed by atoms with Gasteiger partial charge in [-0.05, 0) is 30.3 Å². The van der Waals surface area contributed by atoms with Gasteiger partial charge in [0.05, 0.1) is 12.6 Å². The Bertz CT molecular complexity index is 716. The molecule has 0 fully saturated rings. The van der Waals surface area contributed by atoms with Crippen LogP contribution in [0.1, 0.15) is 28.4 Å². The van der Waals surface area contributed by atoms with Gasteiger partial charge in [-0.25, -0.2) is 8.78 Å². The Labute approximate surface area is 134 Å². The van der Waals surface area contributed by atoms with E-state index in [1.807, 2.05) is 18.2 Å². The highest BCUT2D eigenvalue weighted by Gasteiger charge is 2.24. The molecule has 0 radical (unpaired) electrons. The van der Waals surface area contributed by atoms with Gasteiger partial charge in [0, 0.05) is 28.1 Å². The molecule has 1 unspecified atom stereocenters. The Morgan fingerprint density at radius 2 is 1.91 bits per heavy atom. The van der Waals surface area contributed by atoms with E-state index >= 15 is 0 Å². The van der Waals surface area contributed by atoms with Crippen LogP contribution in [0.15, 0.2) is 40.9 Å². The first-order valence-electron chi connectivity index (χ1n) is 6.72. The molecule has 2 aromatic rings. The van der Waals surface area contributed by atoms with E-state index in [2.05, 4.69) is 21.2 Å². The molecule has 0 aromatic heterocycles. The topological polar surface area (TPSA) is 38.3 Å². The van der Waals surface area contributed by atoms with E-state index < -0.39 is 17.5 Å². The van der Waals surface area contributed by atoms with E-state index in [1.54, 1.807) is 0 Å². The second kappa shape index (κ2) is 6.04. The summed E-state index contributed by atoms with van der Waals surface area (Å²) in [5.74, 6) is -1.37. The first-order chi connectivity index (χ1) is 10.5. The summed E-state index contributed by atoms with van der Waals surface area (Å²) in [6.07, 6.45) is 0.590. The van der Waals surface area contributed by atoms with Crippen LogP contribution in [0, 0.1) is 11.6 Å². The highest BCUT2D eigenvalue weighted by Crippen LogP contribution is 2.34. The van der Waals surface area contributed by atoms with E-state index in [1.165, 1.54) is 0 Å². The van der Waals surface area contributed by atoms with Crippen molar-refractivity contribution < 1.29 is 18.3 Å². The number of rotatable bonds is 2. The molecule has 22 heavy (non-hydrogen) atoms. The maximum Gasteiger partial charge on any atom is 0.251 e. The van der Waals surface area contributed by atoms with E-state index in [-0.39, 0.29) is 11.6 Å². The summed E-state index contributed by atoms with van der Waals surface area (Å²) in [6, 6.07) is 8.03. The maximum absolute atomic E-state index is 13.2. The number of carbonyl (C=O) groups is 1. The average molecular weight is 368 g/mol. The molecule has 1 heterocycles. The molecule has 2 aromatic carbocycles. The smallest absolute Gasteiger partial charge is 0.251 e. The summed E-state index contributed by atoms with van der Waals surface area (Å²) >= 11 is 3.38. The largest absolute Gasteiger partial charge is 0.493 e. The number of nitrogens with one attached hydrogen (secondary N) is 1. The molecule has 1 atom stereocenters. The van der Waals surface area contributed by atoms with Crippen LogP contribution in [-0.4, -0.2) is 12.5 Å². The van der Waals surface area contributed by atoms with Gasteiger partial charge < -0.3 is 10.1 Å². The predicted octanol–water partition coefficient (Wildman–Crippen LogP) is 3.98. The van der Waals surface area contributed by atoms with Crippen molar-refractivity contribution in [1.82, 2.24) is 5.32 Å². The molecule has 6 heteroatoms. The van der Waals surface area contributed by atoms with Gasteiger partial charge in [0.1, 0.15) is 17.4 Å². The zero-order valence-corrected chi connectivity index (χ0v) is 13.0. The molecule has 0 aliphatic carbocycles. The second-order valence-corrected chi connectivity index (χ2v) is 5.92. The van der Waals surface area contributed by atoms with Crippen molar-refractivity contribution in [3.8, 4) is 5.75 Å². The Morgan fingerprint density at radius 1 is 1.18 bits per heavy atom. The van der Waals surface area contributed by atoms with Crippen molar-refractivity contribution in [2.75, 3.05) is 6.61 Å². The number of hydrogen-bond acceptors (Lipinski definition) is 2. The monoisotopic (exact) mass is 367 g/mol. The lowest BCUT2D eigenvalue weighted by atomic mass is 10.00. The summed E-state index contributed by atoms with van der Waals surface area (Å²) < 4.78 is 32.8. The second-order valence-electron chi connectivity index (χ2n) is 5.00. The minimum Gasteiger partial charge on any atom is -0.493 e. The van der Waals surface area contributed by atoms with Gasteiger partial charge in [-0.2, -0.15) is 0 Å². The van der Waals surface area contributed by atoms with Gasteiger partial charge in [0.25, 0.3) is 5.91 Å². The van der Waals surface area contributed by atoms with Crippen LogP contribution in [0.25, 0.3) is 0 Å². The first kappa shape index (κ1) is 15.0. The van der Waals surface area contributed by atoms with Gasteiger partial charge in [0.15, 0.2) is 0 Å². The number of ether oxygens (including phenoxy) is 1. The number of fused-ring (bicyclic) bond motifs is 1. The third kappa shape index (κ3) is 3.11. The maximum atomic E-state index is 13.2. The lowest BCUT2D eigenvalue weighted by Crippen LogP contribution is -2.32. The molecule has 114 valence electrons. The quantitative estimate of drug-likeness (QED) is 0.871. The number of hydrogen-bond donors (Lipinski definition) is 1. The van der Waals surface area contributed by atoms with Crippen molar-refractivity contribution >= 4 is 21.8 Å². The molecule has 1 N–H and O–H groups in total. The predicted molar refractivity (Wildman–Crippen MR) is 80.8 cm³/mol. The van der Waals surface area contributed by atoms with E-state index in [0.29, 0.717) is 18.8 Å². The van der Waals surface area contributed by atoms with Gasteiger partial charge in [-0.1, -0.05) is 15.9 Å². The van der Waals surface area contributed by atoms with Crippen LogP contribution in [0.5, 0.6) is 5.75 Å². The third-order valence-electron chi connectivity index (χ3n) is 3.44. The fraction of sp³-hybridized carbons (Fsp3) is 0.188. The average Bonchev–Trinajstić information content (AvgIpc) is 2.47. The molecule has 1 aliphatic heterocycles. The SMILES string of the molecule is O=C(NC1CCOc2ccc(Br)cc21)c1cc(F)cc(F)c1. The van der Waals surface area contributed by atoms with Crippen molar-refractivity contribution in [2.24, 2.45) is 0 Å². The van der Waals surface area contributed by atoms with Gasteiger partial charge in [0.2, 0.25) is 0 Å². The van der Waals surface area contributed by atoms with Crippen molar-refractivity contribution in [1.29, 1.82) is 0 Å². The third-order valence-corrected chi connectivity index (χ3v) is 3.93. The number of halogens is 3. The van der Waals surface area contributed by atoms with Crippen molar-refractivity contribution in [2.45, 2.75) is 12.5 Å². The molecular formula is C16H12BrF2NO2. The first-order valence-corrected chi connectivity index (χ1v) is 7.51. The Kier molecular flexibility index (Phi) is 4.11. The minimum atomic E-state index is -0.778. The zero-order valence-electron chi connectivity index (χ0n) is 11.4. The molecular weight excluding hydrogens is 356 g/mol. The van der Waals surface area contributed by atoms with Crippen LogP contribution in [-0.2, 0) is 0 Å². The number of carbonyl (C=O) groups excluding carboxylic acids is 1. The van der Waals surface area contributed by atoms with Crippen molar-refractivity contribution in [3.05, 3.63) is 63.6 Å². The van der Waals surface area contributed by atoms with Gasteiger partial charge in [-0.15, -0.1) is 0 Å². The van der Waals surface area contributed by atoms with Gasteiger partial charge in [-0.3, -0.25) is 4.79 Å². The standard InChI is InChI=1S/C16H12BrF2NO2/c17-10-1-2-15-13(7-10)14(3-4-22-15)20-16(21)9-5-11(18)8-12(19)6-9/h1-2,5-8,14H,3-4H2,(H,20,21). The zero-order chi connectivity index (χ0) is 15.7. The van der Waals surface area contributed by atoms with E-state index in [4.69, 9.17) is 4.74 Å². The molecule has 1 amide bonds. The van der Waals surface area contributed by atoms with Crippen molar-refractivity contribution in [3.63, 3.8) is 0 Å². The summed E-state index contributed by atoms with van der Waals surface area (Å²) in [4.78, 5) is 12.2. The minimum absolute atomic E-state index is 0.0412. The number of benzene rings is 2. The Balaban J connectivity index is 1.85. The molecule has 3 rings (SSSR count). The molecule has 3 nitrogen and oxygen atoms in total. The highest BCUT2D eigenvalue weighted by atomic mass is 79.9. The van der Waals surface area contributed by atoms with Crippen LogP contribution in [0.4, 0.5) is 8.78 Å². The highest BCUT2D eigenvalue weighted by molar-refractivity contribution is 9.10. The Hall–Kier alpha value is -1.95. The molecule has 0 saturated carbocycles. The van der Waals surface area contributed by atoms with E-state index in [9.17, 15) is 13.6 Å². The van der Waals surface area contributed by atoms with Crippen LogP contribution in [0.3, 0.4) is 0 Å². The fourth-order valence-corrected chi connectivity index (χ4v) is 2.82. The summed E-state index contributed by atoms with van der Waals surface area (Å²) in [7, 11) is 0. The number of amides is 1. The van der Waals surface area contributed by atoms with Crippen LogP contribution < -0.4 is 10.1 Å². The lowest BCUT2D eigenvalue weighted by molar-refractivity contribution is 0.0924. The van der Waals surface area contributed by atoms with Gasteiger partial charge >= 0.3 is 0 Å². The van der Waals surface area contributed by atoms with Crippen LogP contribution >= 0.6 is 15.9 Å². The molecule has 0 bridgehead atoms. The molecule has 1 aliphatic rings. The molecule has 0 saturated heterocycles. The Morgan fingerprint density at radius 3 is 2.64 bits per heavy atom. The summed E-state index contributed by atoms with van der Waals surface area (Å²) in [5.41, 5.74) is 0.798. The summed E-state index contributed by atoms with van der Waals surface area (Å²) in [6.45, 7) is 0.469. The van der Waals surface area contributed by atoms with E-state index in [0.717, 1.165) is 28.2 Å². The van der Waals surface area contributed by atoms with Crippen LogP contribution in [0.2, 0.25) is 0 Å². The lowest BCUT2D eigenvalue weighted by Gasteiger charge is -2.27. The summed E-state index contributed by atoms with van der Waals surface area (Å²) in [5, 5.41) is 2.80.